The fourth-order valence-corrected chi connectivity index (χ4v) is 8.86. The van der Waals surface area contributed by atoms with Gasteiger partial charge in [-0.3, -0.25) is 9.35 Å². The van der Waals surface area contributed by atoms with Crippen molar-refractivity contribution in [2.45, 2.75) is 256 Å². The van der Waals surface area contributed by atoms with E-state index in [1.807, 2.05) is 0 Å². The van der Waals surface area contributed by atoms with Crippen LogP contribution >= 0.6 is 0 Å². The van der Waals surface area contributed by atoms with Crippen molar-refractivity contribution in [3.63, 3.8) is 0 Å². The van der Waals surface area contributed by atoms with E-state index in [-0.39, 0.29) is 19.6 Å². The van der Waals surface area contributed by atoms with Gasteiger partial charge in [-0.25, -0.2) is 4.18 Å². The highest BCUT2D eigenvalue weighted by atomic mass is 32.3. The topological polar surface area (TPSA) is 178 Å². The first-order valence-corrected chi connectivity index (χ1v) is 30.4. The monoisotopic (exact) mass is 1060 g/mol. The van der Waals surface area contributed by atoms with Crippen LogP contribution in [0.1, 0.15) is 219 Å². The van der Waals surface area contributed by atoms with Gasteiger partial charge >= 0.3 is 16.4 Å². The first-order chi connectivity index (χ1) is 36.1. The lowest BCUT2D eigenvalue weighted by Crippen LogP contribution is -2.60. The molecule has 1 saturated heterocycles. The molecular formula is C61H104O12S. The van der Waals surface area contributed by atoms with Crippen LogP contribution in [0.25, 0.3) is 0 Å². The number of aliphatic hydroxyl groups is 3. The van der Waals surface area contributed by atoms with Crippen LogP contribution in [-0.4, -0.2) is 97.5 Å². The van der Waals surface area contributed by atoms with Gasteiger partial charge in [-0.2, -0.15) is 8.42 Å². The molecule has 1 aliphatic rings. The Morgan fingerprint density at radius 3 is 1.36 bits per heavy atom. The molecule has 1 fully saturated rings. The average Bonchev–Trinajstić information content (AvgIpc) is 3.38. The van der Waals surface area contributed by atoms with E-state index in [0.29, 0.717) is 13.0 Å². The van der Waals surface area contributed by atoms with E-state index in [9.17, 15) is 33.1 Å². The van der Waals surface area contributed by atoms with E-state index in [2.05, 4.69) is 115 Å². The van der Waals surface area contributed by atoms with Crippen molar-refractivity contribution in [3.05, 3.63) is 97.2 Å². The normalized spacial score (nSPS) is 19.5. The van der Waals surface area contributed by atoms with Crippen molar-refractivity contribution in [3.8, 4) is 0 Å². The van der Waals surface area contributed by atoms with Gasteiger partial charge in [-0.05, 0) is 96.3 Å². The van der Waals surface area contributed by atoms with Crippen molar-refractivity contribution < 1.29 is 56.2 Å². The number of carbonyl (C=O) groups excluding carboxylic acids is 1. The molecule has 0 aromatic rings. The van der Waals surface area contributed by atoms with Gasteiger partial charge in [0, 0.05) is 13.0 Å². The predicted molar refractivity (Wildman–Crippen MR) is 303 cm³/mol. The second-order valence-electron chi connectivity index (χ2n) is 19.5. The van der Waals surface area contributed by atoms with E-state index < -0.39 is 59.8 Å². The lowest BCUT2D eigenvalue weighted by Gasteiger charge is -2.41. The van der Waals surface area contributed by atoms with E-state index in [1.54, 1.807) is 0 Å². The van der Waals surface area contributed by atoms with Crippen LogP contribution in [-0.2, 0) is 38.3 Å². The Hall–Kier alpha value is -2.98. The number of esters is 1. The lowest BCUT2D eigenvalue weighted by atomic mass is 9.99. The number of rotatable bonds is 50. The molecule has 0 saturated carbocycles. The van der Waals surface area contributed by atoms with Crippen LogP contribution < -0.4 is 0 Å². The number of allylic oxidation sites excluding steroid dienone is 16. The lowest BCUT2D eigenvalue weighted by molar-refractivity contribution is -0.301. The molecule has 74 heavy (non-hydrogen) atoms. The number of ether oxygens (including phenoxy) is 4. The van der Waals surface area contributed by atoms with Crippen molar-refractivity contribution in [2.24, 2.45) is 0 Å². The van der Waals surface area contributed by atoms with Crippen LogP contribution in [0.4, 0.5) is 0 Å². The minimum atomic E-state index is -5.08. The maximum Gasteiger partial charge on any atom is 0.397 e. The Labute approximate surface area is 450 Å². The van der Waals surface area contributed by atoms with Crippen LogP contribution in [0.5, 0.6) is 0 Å². The third-order valence-electron chi connectivity index (χ3n) is 12.7. The van der Waals surface area contributed by atoms with Gasteiger partial charge in [0.1, 0.15) is 30.5 Å². The summed E-state index contributed by atoms with van der Waals surface area (Å²) in [4.78, 5) is 13.0. The van der Waals surface area contributed by atoms with Gasteiger partial charge in [0.25, 0.3) is 0 Å². The molecule has 0 bridgehead atoms. The molecule has 0 amide bonds. The molecule has 0 spiro atoms. The maximum atomic E-state index is 13.0. The Bertz CT molecular complexity index is 1650. The number of hydrogen-bond donors (Lipinski definition) is 4. The predicted octanol–water partition coefficient (Wildman–Crippen LogP) is 14.5. The Morgan fingerprint density at radius 1 is 0.527 bits per heavy atom. The second-order valence-corrected chi connectivity index (χ2v) is 20.5. The summed E-state index contributed by atoms with van der Waals surface area (Å²) in [6, 6.07) is 0. The number of carbonyl (C=O) groups is 1. The zero-order chi connectivity index (χ0) is 53.8. The third kappa shape index (κ3) is 43.2. The van der Waals surface area contributed by atoms with E-state index in [0.717, 1.165) is 103 Å². The highest BCUT2D eigenvalue weighted by Crippen LogP contribution is 2.26. The van der Waals surface area contributed by atoms with E-state index >= 15 is 0 Å². The van der Waals surface area contributed by atoms with Crippen LogP contribution in [0.15, 0.2) is 97.2 Å². The van der Waals surface area contributed by atoms with Crippen molar-refractivity contribution >= 4 is 16.4 Å². The summed E-state index contributed by atoms with van der Waals surface area (Å²) in [6.07, 6.45) is 61.5. The van der Waals surface area contributed by atoms with Gasteiger partial charge in [0.05, 0.1) is 19.8 Å². The first-order valence-electron chi connectivity index (χ1n) is 29.0. The highest BCUT2D eigenvalue weighted by molar-refractivity contribution is 7.80. The minimum Gasteiger partial charge on any atom is -0.457 e. The van der Waals surface area contributed by atoms with Gasteiger partial charge in [-0.1, -0.05) is 214 Å². The number of unbranched alkanes of at least 4 members (excludes halogenated alkanes) is 21. The average molecular weight is 1060 g/mol. The third-order valence-corrected chi connectivity index (χ3v) is 13.2. The summed E-state index contributed by atoms with van der Waals surface area (Å²) in [6.45, 7) is 3.85. The molecule has 0 aromatic carbocycles. The first kappa shape index (κ1) is 69.0. The maximum absolute atomic E-state index is 13.0. The van der Waals surface area contributed by atoms with Crippen LogP contribution in [0, 0.1) is 0 Å². The van der Waals surface area contributed by atoms with Crippen molar-refractivity contribution in [1.29, 1.82) is 0 Å². The molecule has 13 heteroatoms. The molecule has 426 valence electrons. The SMILES string of the molecule is CC/C=C\C/C=C\C/C=C\C/C=C\C/C=C\CCCCCCCCCCCC(=O)OC(COCCCCCCCCC/C=C\C/C=C\C/C=C\CCCCCCC)COC1OC(CO)C(O)C(OS(=O)(=O)O)C1O. The molecular weight excluding hydrogens is 957 g/mol. The summed E-state index contributed by atoms with van der Waals surface area (Å²) < 4.78 is 59.4. The molecule has 4 N–H and O–H groups in total. The fourth-order valence-electron chi connectivity index (χ4n) is 8.35. The largest absolute Gasteiger partial charge is 0.457 e. The summed E-state index contributed by atoms with van der Waals surface area (Å²) in [5.41, 5.74) is 0. The molecule has 6 unspecified atom stereocenters. The highest BCUT2D eigenvalue weighted by Gasteiger charge is 2.48. The standard InChI is InChI=1S/C61H104O12S/c1-3-5-7-9-11-13-15-17-19-21-23-25-27-28-29-30-32-34-36-38-40-42-44-46-48-50-57(63)71-55(54-70-61-59(65)60(73-74(66,67)68)58(64)56(52-62)72-61)53-69-51-49-47-45-43-41-39-37-35-33-31-26-24-22-20-18-16-14-12-10-8-6-4-2/h5,7,11,13,16-19,22-25,28-29,31,33,55-56,58-62,64-65H,3-4,6,8-10,12,14-15,20-21,26-27,30,32,34-54H2,1-2H3,(H,66,67,68)/b7-5-,13-11-,18-16-,19-17-,24-22-,25-23-,29-28-,33-31-. The molecule has 1 rings (SSSR count). The molecule has 0 radical (unpaired) electrons. The summed E-state index contributed by atoms with van der Waals surface area (Å²) in [5, 5.41) is 30.9. The summed E-state index contributed by atoms with van der Waals surface area (Å²) >= 11 is 0. The summed E-state index contributed by atoms with van der Waals surface area (Å²) in [7, 11) is -5.08. The van der Waals surface area contributed by atoms with Gasteiger partial charge in [-0.15, -0.1) is 0 Å². The quantitative estimate of drug-likeness (QED) is 0.0196. The zero-order valence-corrected chi connectivity index (χ0v) is 46.9. The summed E-state index contributed by atoms with van der Waals surface area (Å²) in [5.74, 6) is -0.412. The zero-order valence-electron chi connectivity index (χ0n) is 46.1. The Kier molecular flexibility index (Phi) is 47.4. The van der Waals surface area contributed by atoms with Crippen molar-refractivity contribution in [1.82, 2.24) is 0 Å². The fraction of sp³-hybridized carbons (Fsp3) is 0.721. The smallest absolute Gasteiger partial charge is 0.397 e. The molecule has 1 aliphatic heterocycles. The van der Waals surface area contributed by atoms with E-state index in [1.165, 1.54) is 89.9 Å². The number of hydrogen-bond acceptors (Lipinski definition) is 11. The second kappa shape index (κ2) is 50.8. The Balaban J connectivity index is 2.33. The number of aliphatic hydroxyl groups excluding tert-OH is 3. The van der Waals surface area contributed by atoms with E-state index in [4.69, 9.17) is 18.9 Å². The van der Waals surface area contributed by atoms with Crippen molar-refractivity contribution in [2.75, 3.05) is 26.4 Å². The molecule has 0 aromatic heterocycles. The van der Waals surface area contributed by atoms with Crippen LogP contribution in [0.2, 0.25) is 0 Å². The molecule has 6 atom stereocenters. The van der Waals surface area contributed by atoms with Gasteiger partial charge in [0.2, 0.25) is 0 Å². The molecule has 12 nitrogen and oxygen atoms in total. The molecule has 0 aliphatic carbocycles. The Morgan fingerprint density at radius 2 is 0.932 bits per heavy atom. The molecule has 1 heterocycles. The minimum absolute atomic E-state index is 0.0213. The van der Waals surface area contributed by atoms with Crippen LogP contribution in [0.3, 0.4) is 0 Å². The van der Waals surface area contributed by atoms with Gasteiger partial charge in [0.15, 0.2) is 6.29 Å². The van der Waals surface area contributed by atoms with Gasteiger partial charge < -0.3 is 34.3 Å².